The molecule has 0 spiro atoms. The molecule has 15 heavy (non-hydrogen) atoms. The first kappa shape index (κ1) is 9.68. The molecule has 4 aliphatic rings. The lowest BCUT2D eigenvalue weighted by Crippen LogP contribution is -2.45. The van der Waals surface area contributed by atoms with Gasteiger partial charge in [-0.25, -0.2) is 0 Å². The quantitative estimate of drug-likeness (QED) is 0.555. The Morgan fingerprint density at radius 2 is 1.60 bits per heavy atom. The van der Waals surface area contributed by atoms with E-state index < -0.39 is 0 Å². The highest BCUT2D eigenvalue weighted by atomic mass is 16.1. The second-order valence-electron chi connectivity index (χ2n) is 5.96. The Morgan fingerprint density at radius 3 is 2.13 bits per heavy atom. The molecule has 2 nitrogen and oxygen atoms in total. The van der Waals surface area contributed by atoms with E-state index in [1.165, 1.54) is 38.5 Å². The van der Waals surface area contributed by atoms with E-state index in [1.807, 2.05) is 0 Å². The fourth-order valence-corrected chi connectivity index (χ4v) is 4.82. The first-order valence-electron chi connectivity index (χ1n) is 6.54. The lowest BCUT2D eigenvalue weighted by molar-refractivity contribution is -0.109. The summed E-state index contributed by atoms with van der Waals surface area (Å²) in [5, 5.41) is 2.83. The molecule has 4 rings (SSSR count). The third-order valence-electron chi connectivity index (χ3n) is 5.13. The predicted octanol–water partition coefficient (Wildman–Crippen LogP) is 2.19. The maximum Gasteiger partial charge on any atom is 0.207 e. The van der Waals surface area contributed by atoms with Crippen LogP contribution in [0.2, 0.25) is 0 Å². The van der Waals surface area contributed by atoms with Gasteiger partial charge < -0.3 is 5.32 Å². The van der Waals surface area contributed by atoms with Gasteiger partial charge in [0, 0.05) is 6.54 Å². The molecule has 0 atom stereocenters. The van der Waals surface area contributed by atoms with E-state index in [0.717, 1.165) is 42.5 Å². The monoisotopic (exact) mass is 207 g/mol. The molecule has 4 saturated carbocycles. The lowest BCUT2D eigenvalue weighted by Gasteiger charge is -2.54. The van der Waals surface area contributed by atoms with Crippen LogP contribution in [0.3, 0.4) is 0 Å². The largest absolute Gasteiger partial charge is 0.359 e. The van der Waals surface area contributed by atoms with Crippen LogP contribution in [-0.4, -0.2) is 13.0 Å². The normalized spacial score (nSPS) is 46.8. The van der Waals surface area contributed by atoms with Gasteiger partial charge in [0.1, 0.15) is 0 Å². The van der Waals surface area contributed by atoms with Crippen molar-refractivity contribution in [3.8, 4) is 0 Å². The molecule has 2 heteroatoms. The van der Waals surface area contributed by atoms with Gasteiger partial charge in [-0.1, -0.05) is 0 Å². The number of rotatable bonds is 4. The van der Waals surface area contributed by atoms with E-state index in [9.17, 15) is 4.79 Å². The van der Waals surface area contributed by atoms with Crippen molar-refractivity contribution in [1.82, 2.24) is 5.32 Å². The molecule has 0 aromatic heterocycles. The van der Waals surface area contributed by atoms with Crippen molar-refractivity contribution in [2.24, 2.45) is 29.6 Å². The molecular formula is C13H21NO. The van der Waals surface area contributed by atoms with Crippen molar-refractivity contribution < 1.29 is 4.79 Å². The van der Waals surface area contributed by atoms with Crippen LogP contribution in [0.15, 0.2) is 0 Å². The number of hydrogen-bond acceptors (Lipinski definition) is 1. The Kier molecular flexibility index (Phi) is 2.45. The zero-order valence-electron chi connectivity index (χ0n) is 9.32. The van der Waals surface area contributed by atoms with Crippen molar-refractivity contribution in [1.29, 1.82) is 0 Å². The van der Waals surface area contributed by atoms with Gasteiger partial charge in [0.15, 0.2) is 0 Å². The molecule has 4 bridgehead atoms. The minimum Gasteiger partial charge on any atom is -0.359 e. The molecule has 1 N–H and O–H groups in total. The number of carbonyl (C=O) groups is 1. The van der Waals surface area contributed by atoms with Gasteiger partial charge in [0.25, 0.3) is 0 Å². The average Bonchev–Trinajstić information content (AvgIpc) is 2.21. The van der Waals surface area contributed by atoms with Gasteiger partial charge in [-0.15, -0.1) is 0 Å². The second-order valence-corrected chi connectivity index (χ2v) is 5.96. The third kappa shape index (κ3) is 1.68. The molecule has 0 unspecified atom stereocenters. The number of carbonyl (C=O) groups excluding carboxylic acids is 1. The summed E-state index contributed by atoms with van der Waals surface area (Å²) in [5.74, 6) is 5.10. The highest BCUT2D eigenvalue weighted by Gasteiger charge is 2.47. The van der Waals surface area contributed by atoms with E-state index in [1.54, 1.807) is 0 Å². The van der Waals surface area contributed by atoms with Gasteiger partial charge in [-0.05, 0) is 68.1 Å². The van der Waals surface area contributed by atoms with Crippen LogP contribution < -0.4 is 5.32 Å². The summed E-state index contributed by atoms with van der Waals surface area (Å²) in [6, 6.07) is 0. The van der Waals surface area contributed by atoms with Crippen molar-refractivity contribution in [3.63, 3.8) is 0 Å². The summed E-state index contributed by atoms with van der Waals surface area (Å²) >= 11 is 0. The summed E-state index contributed by atoms with van der Waals surface area (Å²) in [7, 11) is 0. The lowest BCUT2D eigenvalue weighted by atomic mass is 9.51. The molecule has 0 aliphatic heterocycles. The summed E-state index contributed by atoms with van der Waals surface area (Å²) in [6.45, 7) is 0.899. The Labute approximate surface area is 91.8 Å². The van der Waals surface area contributed by atoms with Crippen LogP contribution in [0, 0.1) is 29.6 Å². The van der Waals surface area contributed by atoms with E-state index >= 15 is 0 Å². The zero-order chi connectivity index (χ0) is 10.3. The van der Waals surface area contributed by atoms with Gasteiger partial charge in [-0.3, -0.25) is 4.79 Å². The smallest absolute Gasteiger partial charge is 0.207 e. The van der Waals surface area contributed by atoms with Crippen LogP contribution in [-0.2, 0) is 4.79 Å². The third-order valence-corrected chi connectivity index (χ3v) is 5.13. The van der Waals surface area contributed by atoms with E-state index in [2.05, 4.69) is 5.32 Å². The average molecular weight is 207 g/mol. The van der Waals surface area contributed by atoms with E-state index in [4.69, 9.17) is 0 Å². The molecule has 0 radical (unpaired) electrons. The van der Waals surface area contributed by atoms with Crippen LogP contribution in [0.1, 0.15) is 38.5 Å². The molecule has 0 aromatic rings. The van der Waals surface area contributed by atoms with Gasteiger partial charge in [0.2, 0.25) is 6.41 Å². The van der Waals surface area contributed by atoms with Crippen molar-refractivity contribution in [2.45, 2.75) is 38.5 Å². The van der Waals surface area contributed by atoms with Gasteiger partial charge >= 0.3 is 0 Å². The molecule has 4 fully saturated rings. The molecule has 84 valence electrons. The Hall–Kier alpha value is -0.530. The Bertz CT molecular complexity index is 223. The molecule has 0 aromatic carbocycles. The molecule has 4 aliphatic carbocycles. The highest BCUT2D eigenvalue weighted by molar-refractivity contribution is 5.45. The number of hydrogen-bond donors (Lipinski definition) is 1. The van der Waals surface area contributed by atoms with Crippen molar-refractivity contribution in [3.05, 3.63) is 0 Å². The van der Waals surface area contributed by atoms with E-state index in [0.29, 0.717) is 0 Å². The van der Waals surface area contributed by atoms with Gasteiger partial charge in [0.05, 0.1) is 0 Å². The Morgan fingerprint density at radius 1 is 1.00 bits per heavy atom. The van der Waals surface area contributed by atoms with Crippen molar-refractivity contribution >= 4 is 6.41 Å². The first-order valence-corrected chi connectivity index (χ1v) is 6.54. The molecule has 1 amide bonds. The predicted molar refractivity (Wildman–Crippen MR) is 59.2 cm³/mol. The maximum atomic E-state index is 10.2. The fraction of sp³-hybridized carbons (Fsp3) is 0.923. The maximum absolute atomic E-state index is 10.2. The Balaban J connectivity index is 1.62. The highest BCUT2D eigenvalue weighted by Crippen LogP contribution is 2.57. The summed E-state index contributed by atoms with van der Waals surface area (Å²) in [5.41, 5.74) is 0. The minimum absolute atomic E-state index is 0.843. The van der Waals surface area contributed by atoms with Crippen LogP contribution in [0.5, 0.6) is 0 Å². The number of nitrogens with one attached hydrogen (secondary N) is 1. The first-order chi connectivity index (χ1) is 7.36. The number of amides is 1. The van der Waals surface area contributed by atoms with Crippen LogP contribution >= 0.6 is 0 Å². The summed E-state index contributed by atoms with van der Waals surface area (Å²) < 4.78 is 0. The van der Waals surface area contributed by atoms with Crippen LogP contribution in [0.4, 0.5) is 0 Å². The fourth-order valence-electron chi connectivity index (χ4n) is 4.82. The van der Waals surface area contributed by atoms with E-state index in [-0.39, 0.29) is 0 Å². The summed E-state index contributed by atoms with van der Waals surface area (Å²) in [6.07, 6.45) is 9.60. The topological polar surface area (TPSA) is 29.1 Å². The van der Waals surface area contributed by atoms with Gasteiger partial charge in [-0.2, -0.15) is 0 Å². The summed E-state index contributed by atoms with van der Waals surface area (Å²) in [4.78, 5) is 10.2. The standard InChI is InChI=1S/C13H21NO/c15-8-14-2-1-13-11-4-9-3-10(6-11)7-12(13)5-9/h8-13H,1-7H2,(H,14,15). The van der Waals surface area contributed by atoms with Crippen molar-refractivity contribution in [2.75, 3.05) is 6.54 Å². The molecule has 0 heterocycles. The zero-order valence-corrected chi connectivity index (χ0v) is 9.32. The van der Waals surface area contributed by atoms with Crippen LogP contribution in [0.25, 0.3) is 0 Å². The molecular weight excluding hydrogens is 186 g/mol. The minimum atomic E-state index is 0.843. The second kappa shape index (κ2) is 3.80. The molecule has 0 saturated heterocycles. The SMILES string of the molecule is O=CNCCC1C2CC3CC(C2)CC1C3.